The molecule has 9 rings (SSSR count). The zero-order valence-corrected chi connectivity index (χ0v) is 24.9. The van der Waals surface area contributed by atoms with Gasteiger partial charge >= 0.3 is 0 Å². The van der Waals surface area contributed by atoms with Crippen molar-refractivity contribution >= 4 is 43.2 Å². The molecule has 3 nitrogen and oxygen atoms in total. The van der Waals surface area contributed by atoms with Crippen molar-refractivity contribution < 1.29 is 0 Å². The third-order valence-corrected chi connectivity index (χ3v) is 8.96. The van der Waals surface area contributed by atoms with E-state index in [1.165, 1.54) is 38.1 Å². The maximum Gasteiger partial charge on any atom is 0.0794 e. The summed E-state index contributed by atoms with van der Waals surface area (Å²) in [5.41, 5.74) is 9.42. The molecule has 0 aliphatic heterocycles. The molecule has 3 aromatic heterocycles. The van der Waals surface area contributed by atoms with Crippen molar-refractivity contribution in [2.45, 2.75) is 0 Å². The molecule has 0 amide bonds. The first kappa shape index (κ1) is 26.2. The molecule has 3 heterocycles. The second-order valence-electron chi connectivity index (χ2n) is 11.7. The predicted molar refractivity (Wildman–Crippen MR) is 192 cm³/mol. The molecule has 0 atom stereocenters. The van der Waals surface area contributed by atoms with Gasteiger partial charge in [0.2, 0.25) is 0 Å². The third-order valence-electron chi connectivity index (χ3n) is 8.96. The minimum Gasteiger partial charge on any atom is -0.264 e. The van der Waals surface area contributed by atoms with Crippen LogP contribution in [0.2, 0.25) is 0 Å². The monoisotopic (exact) mass is 585 g/mol. The molecule has 0 unspecified atom stereocenters. The maximum absolute atomic E-state index is 5.39. The molecule has 0 spiro atoms. The Morgan fingerprint density at radius 2 is 1.02 bits per heavy atom. The van der Waals surface area contributed by atoms with Gasteiger partial charge in [0.25, 0.3) is 0 Å². The quantitative estimate of drug-likeness (QED) is 0.193. The van der Waals surface area contributed by atoms with Gasteiger partial charge < -0.3 is 0 Å². The van der Waals surface area contributed by atoms with E-state index in [4.69, 9.17) is 9.97 Å². The lowest BCUT2D eigenvalue weighted by atomic mass is 9.90. The number of rotatable bonds is 4. The van der Waals surface area contributed by atoms with E-state index in [9.17, 15) is 0 Å². The largest absolute Gasteiger partial charge is 0.264 e. The average Bonchev–Trinajstić information content (AvgIpc) is 3.14. The summed E-state index contributed by atoms with van der Waals surface area (Å²) >= 11 is 0. The first-order chi connectivity index (χ1) is 22.8. The SMILES string of the molecule is c1cncc(-c2ccc(-c3cc(-c4ccc5ccccc5c4)nc4c3cc(-c3ccc5ccccc5c3)c3ccccc34)cn2)c1. The van der Waals surface area contributed by atoms with Crippen LogP contribution in [0.3, 0.4) is 0 Å². The summed E-state index contributed by atoms with van der Waals surface area (Å²) in [5, 5.41) is 8.29. The first-order valence-electron chi connectivity index (χ1n) is 15.5. The normalized spacial score (nSPS) is 11.5. The highest BCUT2D eigenvalue weighted by molar-refractivity contribution is 6.16. The number of pyridine rings is 3. The van der Waals surface area contributed by atoms with Crippen LogP contribution in [0.25, 0.3) is 88.0 Å². The van der Waals surface area contributed by atoms with Crippen molar-refractivity contribution in [3.05, 3.63) is 164 Å². The lowest BCUT2D eigenvalue weighted by Gasteiger charge is -2.16. The van der Waals surface area contributed by atoms with Crippen LogP contribution in [-0.4, -0.2) is 15.0 Å². The van der Waals surface area contributed by atoms with Gasteiger partial charge in [-0.1, -0.05) is 103 Å². The van der Waals surface area contributed by atoms with Crippen molar-refractivity contribution in [2.75, 3.05) is 0 Å². The van der Waals surface area contributed by atoms with Crippen molar-refractivity contribution in [2.24, 2.45) is 0 Å². The molecule has 0 saturated heterocycles. The van der Waals surface area contributed by atoms with Crippen molar-refractivity contribution in [1.82, 2.24) is 15.0 Å². The zero-order chi connectivity index (χ0) is 30.5. The van der Waals surface area contributed by atoms with Crippen LogP contribution < -0.4 is 0 Å². The highest BCUT2D eigenvalue weighted by atomic mass is 14.7. The van der Waals surface area contributed by atoms with Gasteiger partial charge in [0.1, 0.15) is 0 Å². The van der Waals surface area contributed by atoms with Gasteiger partial charge in [0, 0.05) is 46.1 Å². The van der Waals surface area contributed by atoms with Crippen LogP contribution in [0.5, 0.6) is 0 Å². The maximum atomic E-state index is 5.39. The molecule has 0 radical (unpaired) electrons. The van der Waals surface area contributed by atoms with Crippen LogP contribution >= 0.6 is 0 Å². The van der Waals surface area contributed by atoms with Gasteiger partial charge in [-0.3, -0.25) is 9.97 Å². The summed E-state index contributed by atoms with van der Waals surface area (Å²) in [6.07, 6.45) is 5.61. The summed E-state index contributed by atoms with van der Waals surface area (Å²) in [5.74, 6) is 0. The number of benzene rings is 6. The van der Waals surface area contributed by atoms with Crippen LogP contribution in [0.1, 0.15) is 0 Å². The Morgan fingerprint density at radius 3 is 1.74 bits per heavy atom. The number of hydrogen-bond donors (Lipinski definition) is 0. The molecule has 0 N–H and O–H groups in total. The van der Waals surface area contributed by atoms with Crippen molar-refractivity contribution in [3.63, 3.8) is 0 Å². The summed E-state index contributed by atoms with van der Waals surface area (Å²) in [7, 11) is 0. The first-order valence-corrected chi connectivity index (χ1v) is 15.5. The lowest BCUT2D eigenvalue weighted by Crippen LogP contribution is -1.94. The minimum absolute atomic E-state index is 0.896. The van der Waals surface area contributed by atoms with E-state index in [1.807, 2.05) is 24.5 Å². The van der Waals surface area contributed by atoms with Gasteiger partial charge in [-0.2, -0.15) is 0 Å². The number of fused-ring (bicyclic) bond motifs is 5. The van der Waals surface area contributed by atoms with Gasteiger partial charge in [-0.25, -0.2) is 4.98 Å². The van der Waals surface area contributed by atoms with E-state index < -0.39 is 0 Å². The summed E-state index contributed by atoms with van der Waals surface area (Å²) in [4.78, 5) is 14.6. The van der Waals surface area contributed by atoms with E-state index >= 15 is 0 Å². The molecular formula is C43H27N3. The summed E-state index contributed by atoms with van der Waals surface area (Å²) in [6.45, 7) is 0. The zero-order valence-electron chi connectivity index (χ0n) is 24.9. The van der Waals surface area contributed by atoms with Crippen molar-refractivity contribution in [3.8, 4) is 44.8 Å². The number of hydrogen-bond acceptors (Lipinski definition) is 3. The molecule has 0 fully saturated rings. The van der Waals surface area contributed by atoms with E-state index in [1.54, 1.807) is 6.20 Å². The smallest absolute Gasteiger partial charge is 0.0794 e. The second kappa shape index (κ2) is 10.8. The van der Waals surface area contributed by atoms with E-state index in [2.05, 4.69) is 138 Å². The fraction of sp³-hybridized carbons (Fsp3) is 0. The van der Waals surface area contributed by atoms with Crippen LogP contribution in [0.4, 0.5) is 0 Å². The molecule has 6 aromatic carbocycles. The van der Waals surface area contributed by atoms with Crippen molar-refractivity contribution in [1.29, 1.82) is 0 Å². The Labute approximate surface area is 266 Å². The summed E-state index contributed by atoms with van der Waals surface area (Å²) in [6, 6.07) is 51.8. The van der Waals surface area contributed by atoms with Gasteiger partial charge in [-0.15, -0.1) is 0 Å². The number of aromatic nitrogens is 3. The molecule has 214 valence electrons. The molecule has 0 aliphatic rings. The Hall–Kier alpha value is -6.19. The number of nitrogens with zero attached hydrogens (tertiary/aromatic N) is 3. The molecule has 0 aliphatic carbocycles. The van der Waals surface area contributed by atoms with E-state index in [0.29, 0.717) is 0 Å². The topological polar surface area (TPSA) is 38.7 Å². The fourth-order valence-electron chi connectivity index (χ4n) is 6.62. The van der Waals surface area contributed by atoms with E-state index in [0.717, 1.165) is 49.9 Å². The molecule has 46 heavy (non-hydrogen) atoms. The van der Waals surface area contributed by atoms with E-state index in [-0.39, 0.29) is 0 Å². The molecular weight excluding hydrogens is 558 g/mol. The van der Waals surface area contributed by atoms with Crippen LogP contribution in [0, 0.1) is 0 Å². The van der Waals surface area contributed by atoms with Crippen LogP contribution in [-0.2, 0) is 0 Å². The lowest BCUT2D eigenvalue weighted by molar-refractivity contribution is 1.28. The van der Waals surface area contributed by atoms with Gasteiger partial charge in [-0.05, 0) is 86.1 Å². The molecule has 9 aromatic rings. The fourth-order valence-corrected chi connectivity index (χ4v) is 6.62. The highest BCUT2D eigenvalue weighted by Crippen LogP contribution is 2.41. The molecule has 3 heteroatoms. The second-order valence-corrected chi connectivity index (χ2v) is 11.7. The predicted octanol–water partition coefficient (Wildman–Crippen LogP) is 11.2. The van der Waals surface area contributed by atoms with Gasteiger partial charge in [0.15, 0.2) is 0 Å². The standard InChI is InChI=1S/C43H27N3/c1-3-10-30-22-32(17-15-28(30)8-1)38-24-40-39(34-19-20-41(45-27-34)35-12-7-21-44-26-35)25-42(46-43(40)37-14-6-5-13-36(37)38)33-18-16-29-9-2-4-11-31(29)23-33/h1-27H. The Kier molecular flexibility index (Phi) is 6.14. The Bertz CT molecular complexity index is 2570. The Balaban J connectivity index is 1.32. The Morgan fingerprint density at radius 1 is 0.370 bits per heavy atom. The molecule has 0 saturated carbocycles. The average molecular weight is 586 g/mol. The van der Waals surface area contributed by atoms with Crippen LogP contribution in [0.15, 0.2) is 164 Å². The summed E-state index contributed by atoms with van der Waals surface area (Å²) < 4.78 is 0. The highest BCUT2D eigenvalue weighted by Gasteiger charge is 2.17. The molecule has 0 bridgehead atoms. The van der Waals surface area contributed by atoms with Gasteiger partial charge in [0.05, 0.1) is 16.9 Å². The minimum atomic E-state index is 0.896. The third kappa shape index (κ3) is 4.49.